The third-order valence-corrected chi connectivity index (χ3v) is 4.33. The van der Waals surface area contributed by atoms with Gasteiger partial charge in [-0.05, 0) is 52.5 Å². The third kappa shape index (κ3) is 2.63. The highest BCUT2D eigenvalue weighted by Gasteiger charge is 2.42. The Hall–Kier alpha value is -0.610. The van der Waals surface area contributed by atoms with Crippen LogP contribution in [-0.4, -0.2) is 36.7 Å². The molecule has 1 amide bonds. The molecule has 0 bridgehead atoms. The predicted molar refractivity (Wildman–Crippen MR) is 66.8 cm³/mol. The van der Waals surface area contributed by atoms with Crippen LogP contribution in [0.15, 0.2) is 0 Å². The van der Waals surface area contributed by atoms with Crippen LogP contribution in [0.2, 0.25) is 0 Å². The standard InChI is InChI=1S/C13H24N2O2/c1-12(2,17-3)11(16)15-10-5-8-14-13(9-10)6-4-7-13/h10,14H,4-9H2,1-3H3,(H,15,16). The molecule has 1 aliphatic heterocycles. The fourth-order valence-electron chi connectivity index (χ4n) is 2.72. The molecule has 2 N–H and O–H groups in total. The van der Waals surface area contributed by atoms with Crippen LogP contribution in [0, 0.1) is 0 Å². The number of methoxy groups -OCH3 is 1. The van der Waals surface area contributed by atoms with Gasteiger partial charge < -0.3 is 15.4 Å². The summed E-state index contributed by atoms with van der Waals surface area (Å²) < 4.78 is 5.21. The quantitative estimate of drug-likeness (QED) is 0.779. The van der Waals surface area contributed by atoms with Crippen molar-refractivity contribution in [1.82, 2.24) is 10.6 Å². The Balaban J connectivity index is 1.88. The Kier molecular flexibility index (Phi) is 3.46. The van der Waals surface area contributed by atoms with Gasteiger partial charge in [0.25, 0.3) is 5.91 Å². The van der Waals surface area contributed by atoms with Crippen LogP contribution in [0.4, 0.5) is 0 Å². The van der Waals surface area contributed by atoms with Crippen LogP contribution in [-0.2, 0) is 9.53 Å². The summed E-state index contributed by atoms with van der Waals surface area (Å²) in [7, 11) is 1.58. The second-order valence-electron chi connectivity index (χ2n) is 5.94. The molecule has 0 aromatic carbocycles. The summed E-state index contributed by atoms with van der Waals surface area (Å²) in [5.74, 6) is 0.00127. The van der Waals surface area contributed by atoms with Crippen LogP contribution in [0.5, 0.6) is 0 Å². The topological polar surface area (TPSA) is 50.4 Å². The molecule has 1 aliphatic carbocycles. The highest BCUT2D eigenvalue weighted by molar-refractivity contribution is 5.84. The van der Waals surface area contributed by atoms with Gasteiger partial charge in [-0.15, -0.1) is 0 Å². The summed E-state index contributed by atoms with van der Waals surface area (Å²) in [4.78, 5) is 12.0. The molecule has 1 atom stereocenters. The Morgan fingerprint density at radius 1 is 1.47 bits per heavy atom. The van der Waals surface area contributed by atoms with Crippen molar-refractivity contribution in [3.8, 4) is 0 Å². The van der Waals surface area contributed by atoms with Crippen molar-refractivity contribution in [2.24, 2.45) is 0 Å². The molecule has 1 saturated carbocycles. The van der Waals surface area contributed by atoms with Crippen molar-refractivity contribution in [3.05, 3.63) is 0 Å². The Morgan fingerprint density at radius 2 is 2.18 bits per heavy atom. The van der Waals surface area contributed by atoms with E-state index in [0.717, 1.165) is 19.4 Å². The van der Waals surface area contributed by atoms with Crippen LogP contribution in [0.3, 0.4) is 0 Å². The number of carbonyl (C=O) groups is 1. The molecule has 1 unspecified atom stereocenters. The molecule has 1 spiro atoms. The first-order valence-electron chi connectivity index (χ1n) is 6.59. The molecule has 4 heteroatoms. The van der Waals surface area contributed by atoms with Crippen molar-refractivity contribution in [3.63, 3.8) is 0 Å². The highest BCUT2D eigenvalue weighted by Crippen LogP contribution is 2.38. The predicted octanol–water partition coefficient (Wildman–Crippen LogP) is 1.20. The van der Waals surface area contributed by atoms with Gasteiger partial charge in [0.1, 0.15) is 5.60 Å². The van der Waals surface area contributed by atoms with Crippen molar-refractivity contribution in [1.29, 1.82) is 0 Å². The van der Waals surface area contributed by atoms with Crippen molar-refractivity contribution in [2.45, 2.75) is 63.1 Å². The molecule has 4 nitrogen and oxygen atoms in total. The third-order valence-electron chi connectivity index (χ3n) is 4.33. The van der Waals surface area contributed by atoms with E-state index < -0.39 is 5.60 Å². The molecular weight excluding hydrogens is 216 g/mol. The number of amides is 1. The van der Waals surface area contributed by atoms with Crippen LogP contribution < -0.4 is 10.6 Å². The maximum Gasteiger partial charge on any atom is 0.251 e. The van der Waals surface area contributed by atoms with E-state index in [4.69, 9.17) is 4.74 Å². The second-order valence-corrected chi connectivity index (χ2v) is 5.94. The summed E-state index contributed by atoms with van der Waals surface area (Å²) in [5.41, 5.74) is -0.398. The highest BCUT2D eigenvalue weighted by atomic mass is 16.5. The van der Waals surface area contributed by atoms with E-state index in [1.54, 1.807) is 7.11 Å². The van der Waals surface area contributed by atoms with Crippen LogP contribution in [0.1, 0.15) is 46.0 Å². The van der Waals surface area contributed by atoms with Gasteiger partial charge in [-0.3, -0.25) is 4.79 Å². The number of carbonyl (C=O) groups excluding carboxylic acids is 1. The Bertz CT molecular complexity index is 298. The SMILES string of the molecule is COC(C)(C)C(=O)NC1CCNC2(CCC2)C1. The largest absolute Gasteiger partial charge is 0.369 e. The van der Waals surface area contributed by atoms with E-state index in [0.29, 0.717) is 11.6 Å². The van der Waals surface area contributed by atoms with E-state index in [9.17, 15) is 4.79 Å². The lowest BCUT2D eigenvalue weighted by atomic mass is 9.70. The molecule has 0 radical (unpaired) electrons. The minimum absolute atomic E-state index is 0.00127. The number of rotatable bonds is 3. The summed E-state index contributed by atoms with van der Waals surface area (Å²) in [6, 6.07) is 0.304. The molecule has 0 aromatic heterocycles. The average molecular weight is 240 g/mol. The van der Waals surface area contributed by atoms with Gasteiger partial charge in [0, 0.05) is 18.7 Å². The summed E-state index contributed by atoms with van der Waals surface area (Å²) in [6.45, 7) is 4.63. The Labute approximate surface area is 103 Å². The first kappa shape index (κ1) is 12.8. The van der Waals surface area contributed by atoms with E-state index >= 15 is 0 Å². The van der Waals surface area contributed by atoms with Gasteiger partial charge in [0.2, 0.25) is 0 Å². The van der Waals surface area contributed by atoms with Crippen LogP contribution >= 0.6 is 0 Å². The summed E-state index contributed by atoms with van der Waals surface area (Å²) in [5, 5.41) is 6.73. The van der Waals surface area contributed by atoms with Gasteiger partial charge in [-0.1, -0.05) is 0 Å². The molecule has 17 heavy (non-hydrogen) atoms. The fourth-order valence-corrected chi connectivity index (χ4v) is 2.72. The van der Waals surface area contributed by atoms with E-state index in [-0.39, 0.29) is 5.91 Å². The molecular formula is C13H24N2O2. The zero-order valence-electron chi connectivity index (χ0n) is 11.1. The zero-order valence-corrected chi connectivity index (χ0v) is 11.1. The number of hydrogen-bond donors (Lipinski definition) is 2. The van der Waals surface area contributed by atoms with E-state index in [1.807, 2.05) is 13.8 Å². The minimum Gasteiger partial charge on any atom is -0.369 e. The van der Waals surface area contributed by atoms with E-state index in [2.05, 4.69) is 10.6 Å². The summed E-state index contributed by atoms with van der Waals surface area (Å²) in [6.07, 6.45) is 5.92. The molecule has 2 aliphatic rings. The lowest BCUT2D eigenvalue weighted by Gasteiger charge is -2.48. The smallest absolute Gasteiger partial charge is 0.251 e. The second kappa shape index (κ2) is 4.58. The average Bonchev–Trinajstić information content (AvgIpc) is 2.27. The van der Waals surface area contributed by atoms with E-state index in [1.165, 1.54) is 19.3 Å². The molecule has 2 fully saturated rings. The lowest BCUT2D eigenvalue weighted by molar-refractivity contribution is -0.140. The number of nitrogens with one attached hydrogen (secondary N) is 2. The first-order chi connectivity index (χ1) is 7.97. The van der Waals surface area contributed by atoms with Gasteiger partial charge in [0.05, 0.1) is 0 Å². The first-order valence-corrected chi connectivity index (χ1v) is 6.59. The van der Waals surface area contributed by atoms with Gasteiger partial charge in [-0.2, -0.15) is 0 Å². The minimum atomic E-state index is -0.725. The number of piperidine rings is 1. The monoisotopic (exact) mass is 240 g/mol. The normalized spacial score (nSPS) is 27.6. The van der Waals surface area contributed by atoms with Crippen molar-refractivity contribution >= 4 is 5.91 Å². The molecule has 98 valence electrons. The van der Waals surface area contributed by atoms with Crippen molar-refractivity contribution < 1.29 is 9.53 Å². The number of hydrogen-bond acceptors (Lipinski definition) is 3. The maximum absolute atomic E-state index is 12.0. The lowest BCUT2D eigenvalue weighted by Crippen LogP contribution is -2.61. The van der Waals surface area contributed by atoms with Crippen molar-refractivity contribution in [2.75, 3.05) is 13.7 Å². The van der Waals surface area contributed by atoms with Gasteiger partial charge >= 0.3 is 0 Å². The van der Waals surface area contributed by atoms with Gasteiger partial charge in [0.15, 0.2) is 0 Å². The summed E-state index contributed by atoms with van der Waals surface area (Å²) >= 11 is 0. The maximum atomic E-state index is 12.0. The molecule has 1 saturated heterocycles. The van der Waals surface area contributed by atoms with Crippen LogP contribution in [0.25, 0.3) is 0 Å². The molecule has 1 heterocycles. The fraction of sp³-hybridized carbons (Fsp3) is 0.923. The number of ether oxygens (including phenoxy) is 1. The zero-order chi connectivity index (χ0) is 12.5. The van der Waals surface area contributed by atoms with Gasteiger partial charge in [-0.25, -0.2) is 0 Å². The molecule has 0 aromatic rings. The Morgan fingerprint density at radius 3 is 2.71 bits per heavy atom. The molecule has 2 rings (SSSR count).